The molecule has 1 heterocycles. The third kappa shape index (κ3) is 4.41. The van der Waals surface area contributed by atoms with Gasteiger partial charge in [0, 0.05) is 16.8 Å². The van der Waals surface area contributed by atoms with Crippen molar-refractivity contribution in [1.82, 2.24) is 0 Å². The molecule has 3 rings (SSSR count). The minimum absolute atomic E-state index is 0.136. The summed E-state index contributed by atoms with van der Waals surface area (Å²) in [5, 5.41) is 3.54. The lowest BCUT2D eigenvalue weighted by molar-refractivity contribution is -0.107. The topological polar surface area (TPSA) is 17.1 Å². The molecule has 4 heteroatoms. The zero-order valence-corrected chi connectivity index (χ0v) is 16.3. The van der Waals surface area contributed by atoms with Gasteiger partial charge in [-0.05, 0) is 41.7 Å². The van der Waals surface area contributed by atoms with Gasteiger partial charge in [0.25, 0.3) is 0 Å². The molecule has 0 bridgehead atoms. The van der Waals surface area contributed by atoms with Crippen LogP contribution in [0, 0.1) is 0 Å². The summed E-state index contributed by atoms with van der Waals surface area (Å²) in [6.07, 6.45) is 2.29. The van der Waals surface area contributed by atoms with Crippen LogP contribution in [0.25, 0.3) is 10.8 Å². The van der Waals surface area contributed by atoms with Gasteiger partial charge >= 0.3 is 0 Å². The molecular formula is C20H22OS3. The van der Waals surface area contributed by atoms with Crippen LogP contribution in [0.15, 0.2) is 54.6 Å². The summed E-state index contributed by atoms with van der Waals surface area (Å²) in [4.78, 5) is 11.6. The normalized spacial score (nSPS) is 20.4. The van der Waals surface area contributed by atoms with Crippen molar-refractivity contribution in [3.05, 3.63) is 60.2 Å². The Bertz CT molecular complexity index is 735. The number of thioether (sulfide) groups is 3. The summed E-state index contributed by atoms with van der Waals surface area (Å²) >= 11 is 5.57. The van der Waals surface area contributed by atoms with Crippen molar-refractivity contribution >= 4 is 51.2 Å². The molecule has 0 radical (unpaired) electrons. The highest BCUT2D eigenvalue weighted by molar-refractivity contribution is 8.19. The number of carbonyl (C=O) groups is 1. The Morgan fingerprint density at radius 1 is 1.25 bits per heavy atom. The Hall–Kier alpha value is -0.840. The summed E-state index contributed by atoms with van der Waals surface area (Å²) in [5.74, 6) is 2.12. The lowest BCUT2D eigenvalue weighted by atomic mass is 10.1. The van der Waals surface area contributed by atoms with E-state index in [1.807, 2.05) is 0 Å². The summed E-state index contributed by atoms with van der Waals surface area (Å²) in [6, 6.07) is 15.3. The molecule has 2 aromatic rings. The van der Waals surface area contributed by atoms with Crippen LogP contribution in [0.2, 0.25) is 0 Å². The fourth-order valence-corrected chi connectivity index (χ4v) is 7.08. The van der Waals surface area contributed by atoms with Gasteiger partial charge in [-0.1, -0.05) is 60.8 Å². The van der Waals surface area contributed by atoms with Crippen molar-refractivity contribution in [3.8, 4) is 0 Å². The van der Waals surface area contributed by atoms with E-state index in [-0.39, 0.29) is 5.12 Å². The summed E-state index contributed by atoms with van der Waals surface area (Å²) in [7, 11) is 0. The maximum absolute atomic E-state index is 11.6. The molecule has 1 nitrogen and oxygen atoms in total. The Balaban J connectivity index is 1.54. The van der Waals surface area contributed by atoms with E-state index in [1.165, 1.54) is 40.3 Å². The van der Waals surface area contributed by atoms with Crippen LogP contribution in [0.1, 0.15) is 29.9 Å². The molecule has 0 aromatic heterocycles. The molecule has 0 saturated carbocycles. The molecule has 1 aliphatic heterocycles. The van der Waals surface area contributed by atoms with Gasteiger partial charge in [-0.2, -0.15) is 0 Å². The highest BCUT2D eigenvalue weighted by Crippen LogP contribution is 2.51. The number of fused-ring (bicyclic) bond motifs is 1. The molecular weight excluding hydrogens is 352 g/mol. The number of rotatable bonds is 6. The van der Waals surface area contributed by atoms with E-state index in [1.54, 1.807) is 6.92 Å². The standard InChI is InChI=1S/C20H22OS3/c1-14(2)19(21)22-12-6-9-16-13-23-20(24-16)18-11-5-8-15-7-3-4-10-17(15)18/h3-5,7-8,10-11,16,20H,1,6,9,12-13H2,2H3. The molecule has 2 unspecified atom stereocenters. The van der Waals surface area contributed by atoms with Crippen LogP contribution >= 0.6 is 35.3 Å². The largest absolute Gasteiger partial charge is 0.282 e. The second-order valence-corrected chi connectivity index (χ2v) is 9.96. The Morgan fingerprint density at radius 3 is 2.88 bits per heavy atom. The van der Waals surface area contributed by atoms with Gasteiger partial charge in [-0.15, -0.1) is 23.5 Å². The van der Waals surface area contributed by atoms with Crippen molar-refractivity contribution in [2.75, 3.05) is 11.5 Å². The quantitative estimate of drug-likeness (QED) is 0.435. The van der Waals surface area contributed by atoms with Gasteiger partial charge in [0.2, 0.25) is 5.12 Å². The van der Waals surface area contributed by atoms with Gasteiger partial charge in [-0.25, -0.2) is 0 Å². The lowest BCUT2D eigenvalue weighted by Gasteiger charge is -2.13. The highest BCUT2D eigenvalue weighted by atomic mass is 32.2. The fourth-order valence-electron chi connectivity index (χ4n) is 2.82. The molecule has 0 N–H and O–H groups in total. The highest BCUT2D eigenvalue weighted by Gasteiger charge is 2.27. The molecule has 0 amide bonds. The Kier molecular flexibility index (Phi) is 6.37. The van der Waals surface area contributed by atoms with Crippen molar-refractivity contribution in [1.29, 1.82) is 0 Å². The van der Waals surface area contributed by atoms with Gasteiger partial charge in [-0.3, -0.25) is 4.79 Å². The first-order chi connectivity index (χ1) is 11.6. The lowest BCUT2D eigenvalue weighted by Crippen LogP contribution is -2.02. The van der Waals surface area contributed by atoms with Crippen LogP contribution in [0.3, 0.4) is 0 Å². The van der Waals surface area contributed by atoms with Gasteiger partial charge in [0.15, 0.2) is 0 Å². The van der Waals surface area contributed by atoms with Gasteiger partial charge in [0.05, 0.1) is 4.58 Å². The first-order valence-electron chi connectivity index (χ1n) is 8.22. The average Bonchev–Trinajstić information content (AvgIpc) is 3.06. The molecule has 2 aromatic carbocycles. The first-order valence-corrected chi connectivity index (χ1v) is 11.2. The molecule has 24 heavy (non-hydrogen) atoms. The molecule has 0 spiro atoms. The van der Waals surface area contributed by atoms with Gasteiger partial charge in [0.1, 0.15) is 0 Å². The number of carbonyl (C=O) groups excluding carboxylic acids is 1. The molecule has 2 atom stereocenters. The van der Waals surface area contributed by atoms with Gasteiger partial charge < -0.3 is 0 Å². The number of benzene rings is 2. The predicted molar refractivity (Wildman–Crippen MR) is 112 cm³/mol. The smallest absolute Gasteiger partial charge is 0.214 e. The van der Waals surface area contributed by atoms with Crippen LogP contribution < -0.4 is 0 Å². The van der Waals surface area contributed by atoms with E-state index < -0.39 is 0 Å². The van der Waals surface area contributed by atoms with E-state index in [0.29, 0.717) is 15.4 Å². The molecule has 1 fully saturated rings. The predicted octanol–water partition coefficient (Wildman–Crippen LogP) is 6.30. The maximum Gasteiger partial charge on any atom is 0.214 e. The minimum Gasteiger partial charge on any atom is -0.282 e. The van der Waals surface area contributed by atoms with E-state index in [0.717, 1.165) is 12.2 Å². The van der Waals surface area contributed by atoms with Crippen molar-refractivity contribution in [2.45, 2.75) is 29.6 Å². The van der Waals surface area contributed by atoms with Crippen LogP contribution in [-0.4, -0.2) is 21.9 Å². The van der Waals surface area contributed by atoms with E-state index in [9.17, 15) is 4.79 Å². The zero-order valence-electron chi connectivity index (χ0n) is 13.9. The van der Waals surface area contributed by atoms with Crippen LogP contribution in [0.5, 0.6) is 0 Å². The second kappa shape index (κ2) is 8.50. The third-order valence-corrected chi connectivity index (χ3v) is 8.57. The van der Waals surface area contributed by atoms with Crippen molar-refractivity contribution in [2.24, 2.45) is 0 Å². The second-order valence-electron chi connectivity index (χ2n) is 6.05. The Labute approximate surface area is 157 Å². The summed E-state index contributed by atoms with van der Waals surface area (Å²) in [5.41, 5.74) is 2.11. The van der Waals surface area contributed by atoms with E-state index >= 15 is 0 Å². The molecule has 0 aliphatic carbocycles. The summed E-state index contributed by atoms with van der Waals surface area (Å²) in [6.45, 7) is 5.49. The molecule has 126 valence electrons. The molecule has 1 aliphatic rings. The maximum atomic E-state index is 11.6. The van der Waals surface area contributed by atoms with Crippen LogP contribution in [0.4, 0.5) is 0 Å². The monoisotopic (exact) mass is 374 g/mol. The van der Waals surface area contributed by atoms with E-state index in [2.05, 4.69) is 72.6 Å². The molecule has 1 saturated heterocycles. The fraction of sp³-hybridized carbons (Fsp3) is 0.350. The SMILES string of the molecule is C=C(C)C(=O)SCCCC1CSC(c2cccc3ccccc23)S1. The van der Waals surface area contributed by atoms with Crippen molar-refractivity contribution in [3.63, 3.8) is 0 Å². The zero-order chi connectivity index (χ0) is 16.9. The minimum atomic E-state index is 0.136. The number of hydrogen-bond acceptors (Lipinski definition) is 4. The number of hydrogen-bond donors (Lipinski definition) is 0. The first kappa shape index (κ1) is 18.0. The average molecular weight is 375 g/mol. The van der Waals surface area contributed by atoms with Crippen LogP contribution in [-0.2, 0) is 4.79 Å². The Morgan fingerprint density at radius 2 is 2.04 bits per heavy atom. The summed E-state index contributed by atoms with van der Waals surface area (Å²) < 4.78 is 0.533. The van der Waals surface area contributed by atoms with Crippen molar-refractivity contribution < 1.29 is 4.79 Å². The van der Waals surface area contributed by atoms with E-state index in [4.69, 9.17) is 0 Å². The third-order valence-electron chi connectivity index (χ3n) is 4.08.